The van der Waals surface area contributed by atoms with Crippen molar-refractivity contribution in [2.24, 2.45) is 5.92 Å². The molecule has 0 spiro atoms. The maximum Gasteiger partial charge on any atom is 0.279 e. The molecule has 0 unspecified atom stereocenters. The monoisotopic (exact) mass is 297 g/mol. The van der Waals surface area contributed by atoms with E-state index in [1.54, 1.807) is 0 Å². The van der Waals surface area contributed by atoms with Gasteiger partial charge in [-0.1, -0.05) is 62.4 Å². The molecule has 0 fully saturated rings. The van der Waals surface area contributed by atoms with Crippen LogP contribution in [-0.4, -0.2) is 12.5 Å². The van der Waals surface area contributed by atoms with Crippen molar-refractivity contribution in [3.63, 3.8) is 0 Å². The van der Waals surface area contributed by atoms with Gasteiger partial charge in [0.05, 0.1) is 0 Å². The topological polar surface area (TPSA) is 45.7 Å². The first kappa shape index (κ1) is 16.2. The number of aryl methyl sites for hydroxylation is 1. The second-order valence-corrected chi connectivity index (χ2v) is 5.98. The summed E-state index contributed by atoms with van der Waals surface area (Å²) in [7, 11) is 0. The van der Waals surface area contributed by atoms with Crippen LogP contribution in [0.3, 0.4) is 0 Å². The number of para-hydroxylation sites is 1. The molecule has 3 N–H and O–H groups in total. The van der Waals surface area contributed by atoms with E-state index >= 15 is 0 Å². The Bertz CT molecular complexity index is 608. The van der Waals surface area contributed by atoms with E-state index in [0.717, 1.165) is 11.3 Å². The first-order chi connectivity index (χ1) is 10.6. The van der Waals surface area contributed by atoms with Crippen LogP contribution in [-0.2, 0) is 4.79 Å². The summed E-state index contributed by atoms with van der Waals surface area (Å²) in [5, 5.41) is 5.10. The summed E-state index contributed by atoms with van der Waals surface area (Å²) in [6.07, 6.45) is 0. The number of nitrogens with two attached hydrogens (primary N) is 1. The SMILES string of the molecule is Cc1ccccc1NC(=O)C[NH2+][C@H](c1ccccc1)C(C)C. The molecule has 116 valence electrons. The lowest BCUT2D eigenvalue weighted by Crippen LogP contribution is -2.88. The van der Waals surface area contributed by atoms with Gasteiger partial charge in [0.15, 0.2) is 6.54 Å². The van der Waals surface area contributed by atoms with Gasteiger partial charge in [0.1, 0.15) is 6.04 Å². The maximum atomic E-state index is 12.2. The number of rotatable bonds is 6. The number of quaternary nitrogens is 1. The van der Waals surface area contributed by atoms with E-state index in [-0.39, 0.29) is 5.91 Å². The zero-order valence-corrected chi connectivity index (χ0v) is 13.5. The number of hydrogen-bond donors (Lipinski definition) is 2. The average molecular weight is 297 g/mol. The van der Waals surface area contributed by atoms with Gasteiger partial charge >= 0.3 is 0 Å². The van der Waals surface area contributed by atoms with Gasteiger partial charge in [-0.3, -0.25) is 4.79 Å². The zero-order valence-electron chi connectivity index (χ0n) is 13.5. The zero-order chi connectivity index (χ0) is 15.9. The minimum Gasteiger partial charge on any atom is -0.332 e. The van der Waals surface area contributed by atoms with Gasteiger partial charge in [0.25, 0.3) is 5.91 Å². The summed E-state index contributed by atoms with van der Waals surface area (Å²) < 4.78 is 0. The fourth-order valence-corrected chi connectivity index (χ4v) is 2.62. The van der Waals surface area contributed by atoms with Gasteiger partial charge in [-0.15, -0.1) is 0 Å². The van der Waals surface area contributed by atoms with E-state index in [2.05, 4.69) is 36.6 Å². The van der Waals surface area contributed by atoms with Gasteiger partial charge in [-0.05, 0) is 18.6 Å². The Hall–Kier alpha value is -2.13. The predicted molar refractivity (Wildman–Crippen MR) is 90.6 cm³/mol. The molecule has 0 radical (unpaired) electrons. The summed E-state index contributed by atoms with van der Waals surface area (Å²) in [6.45, 7) is 6.80. The molecule has 0 aliphatic carbocycles. The van der Waals surface area contributed by atoms with Crippen LogP contribution >= 0.6 is 0 Å². The highest BCUT2D eigenvalue weighted by atomic mass is 16.1. The van der Waals surface area contributed by atoms with E-state index in [9.17, 15) is 4.79 Å². The number of hydrogen-bond acceptors (Lipinski definition) is 1. The van der Waals surface area contributed by atoms with Crippen LogP contribution in [0.1, 0.15) is 31.0 Å². The van der Waals surface area contributed by atoms with E-state index < -0.39 is 0 Å². The lowest BCUT2D eigenvalue weighted by Gasteiger charge is -2.19. The van der Waals surface area contributed by atoms with Crippen molar-refractivity contribution in [1.29, 1.82) is 0 Å². The molecule has 0 heterocycles. The third-order valence-electron chi connectivity index (χ3n) is 3.88. The van der Waals surface area contributed by atoms with E-state index in [1.165, 1.54) is 5.56 Å². The highest BCUT2D eigenvalue weighted by Gasteiger charge is 2.20. The Morgan fingerprint density at radius 1 is 1.05 bits per heavy atom. The number of benzene rings is 2. The van der Waals surface area contributed by atoms with Crippen LogP contribution in [0.15, 0.2) is 54.6 Å². The number of nitrogens with one attached hydrogen (secondary N) is 1. The molecule has 22 heavy (non-hydrogen) atoms. The van der Waals surface area contributed by atoms with Crippen molar-refractivity contribution in [2.75, 3.05) is 11.9 Å². The first-order valence-electron chi connectivity index (χ1n) is 7.81. The Morgan fingerprint density at radius 2 is 1.68 bits per heavy atom. The normalized spacial score (nSPS) is 12.2. The highest BCUT2D eigenvalue weighted by molar-refractivity contribution is 5.92. The van der Waals surface area contributed by atoms with Crippen molar-refractivity contribution in [3.05, 3.63) is 65.7 Å². The molecule has 1 amide bonds. The Morgan fingerprint density at radius 3 is 2.32 bits per heavy atom. The van der Waals surface area contributed by atoms with Gasteiger partial charge in [-0.2, -0.15) is 0 Å². The minimum atomic E-state index is 0.0379. The van der Waals surface area contributed by atoms with E-state index in [1.807, 2.05) is 49.4 Å². The maximum absolute atomic E-state index is 12.2. The molecule has 0 aliphatic rings. The van der Waals surface area contributed by atoms with Crippen LogP contribution in [0.5, 0.6) is 0 Å². The van der Waals surface area contributed by atoms with Crippen molar-refractivity contribution in [1.82, 2.24) is 0 Å². The fourth-order valence-electron chi connectivity index (χ4n) is 2.62. The van der Waals surface area contributed by atoms with Crippen LogP contribution in [0.2, 0.25) is 0 Å². The molecule has 2 aromatic carbocycles. The van der Waals surface area contributed by atoms with Crippen molar-refractivity contribution in [3.8, 4) is 0 Å². The van der Waals surface area contributed by atoms with Crippen LogP contribution in [0, 0.1) is 12.8 Å². The van der Waals surface area contributed by atoms with Gasteiger partial charge in [0.2, 0.25) is 0 Å². The summed E-state index contributed by atoms with van der Waals surface area (Å²) in [4.78, 5) is 12.2. The van der Waals surface area contributed by atoms with Crippen molar-refractivity contribution < 1.29 is 10.1 Å². The molecule has 0 bridgehead atoms. The molecule has 0 aliphatic heterocycles. The molecule has 0 saturated heterocycles. The summed E-state index contributed by atoms with van der Waals surface area (Å²) in [6, 6.07) is 18.5. The average Bonchev–Trinajstić information content (AvgIpc) is 2.50. The molecule has 2 aromatic rings. The third kappa shape index (κ3) is 4.43. The van der Waals surface area contributed by atoms with E-state index in [0.29, 0.717) is 18.5 Å². The van der Waals surface area contributed by atoms with Crippen molar-refractivity contribution in [2.45, 2.75) is 26.8 Å². The molecule has 2 rings (SSSR count). The molecular formula is C19H25N2O+. The van der Waals surface area contributed by atoms with Crippen LogP contribution < -0.4 is 10.6 Å². The molecule has 1 atom stereocenters. The molecule has 0 aromatic heterocycles. The Kier molecular flexibility index (Phi) is 5.73. The third-order valence-corrected chi connectivity index (χ3v) is 3.88. The number of amides is 1. The molecule has 0 saturated carbocycles. The number of carbonyl (C=O) groups is 1. The smallest absolute Gasteiger partial charge is 0.279 e. The summed E-state index contributed by atoms with van der Waals surface area (Å²) >= 11 is 0. The Balaban J connectivity index is 1.95. The number of anilines is 1. The van der Waals surface area contributed by atoms with E-state index in [4.69, 9.17) is 0 Å². The molecular weight excluding hydrogens is 272 g/mol. The molecule has 3 nitrogen and oxygen atoms in total. The van der Waals surface area contributed by atoms with Gasteiger partial charge in [0, 0.05) is 17.2 Å². The lowest BCUT2D eigenvalue weighted by atomic mass is 9.96. The van der Waals surface area contributed by atoms with Gasteiger partial charge < -0.3 is 10.6 Å². The quantitative estimate of drug-likeness (QED) is 0.846. The second-order valence-electron chi connectivity index (χ2n) is 5.98. The number of carbonyl (C=O) groups excluding carboxylic acids is 1. The standard InChI is InChI=1S/C19H24N2O/c1-14(2)19(16-10-5-4-6-11-16)20-13-18(22)21-17-12-8-7-9-15(17)3/h4-12,14,19-20H,13H2,1-3H3,(H,21,22)/p+1/t19-/m0/s1. The Labute approximate surface area is 132 Å². The first-order valence-corrected chi connectivity index (χ1v) is 7.81. The second kappa shape index (κ2) is 7.76. The summed E-state index contributed by atoms with van der Waals surface area (Å²) in [5.74, 6) is 0.504. The summed E-state index contributed by atoms with van der Waals surface area (Å²) in [5.41, 5.74) is 3.24. The fraction of sp³-hybridized carbons (Fsp3) is 0.316. The van der Waals surface area contributed by atoms with Crippen LogP contribution in [0.4, 0.5) is 5.69 Å². The van der Waals surface area contributed by atoms with Crippen molar-refractivity contribution >= 4 is 11.6 Å². The highest BCUT2D eigenvalue weighted by Crippen LogP contribution is 2.17. The predicted octanol–water partition coefficient (Wildman–Crippen LogP) is 2.89. The molecule has 3 heteroatoms. The van der Waals surface area contributed by atoms with Gasteiger partial charge in [-0.25, -0.2) is 0 Å². The largest absolute Gasteiger partial charge is 0.332 e. The van der Waals surface area contributed by atoms with Crippen LogP contribution in [0.25, 0.3) is 0 Å². The minimum absolute atomic E-state index is 0.0379. The lowest BCUT2D eigenvalue weighted by molar-refractivity contribution is -0.692.